The van der Waals surface area contributed by atoms with Crippen molar-refractivity contribution in [1.82, 2.24) is 9.36 Å². The minimum Gasteiger partial charge on any atom is -0.478 e. The molecule has 0 amide bonds. The van der Waals surface area contributed by atoms with Gasteiger partial charge in [-0.1, -0.05) is 17.6 Å². The zero-order valence-electron chi connectivity index (χ0n) is 7.52. The van der Waals surface area contributed by atoms with Crippen LogP contribution in [-0.2, 0) is 0 Å². The number of pyridine rings is 1. The molecule has 1 aromatic carbocycles. The molecule has 2 heterocycles. The van der Waals surface area contributed by atoms with Crippen LogP contribution in [0.3, 0.4) is 0 Å². The molecule has 0 fully saturated rings. The van der Waals surface area contributed by atoms with Crippen molar-refractivity contribution in [3.8, 4) is 0 Å². The molecule has 0 unspecified atom stereocenters. The molecule has 0 radical (unpaired) electrons. The van der Waals surface area contributed by atoms with Gasteiger partial charge in [0.2, 0.25) is 0 Å². The molecule has 0 spiro atoms. The van der Waals surface area contributed by atoms with Crippen molar-refractivity contribution in [1.29, 1.82) is 0 Å². The number of hydrogen-bond acceptors (Lipinski definition) is 3. The minimum atomic E-state index is -0.912. The van der Waals surface area contributed by atoms with Crippen LogP contribution in [0.15, 0.2) is 24.4 Å². The van der Waals surface area contributed by atoms with Gasteiger partial charge >= 0.3 is 5.97 Å². The van der Waals surface area contributed by atoms with Crippen LogP contribution in [-0.4, -0.2) is 20.4 Å². The highest BCUT2D eigenvalue weighted by Crippen LogP contribution is 2.31. The third-order valence-electron chi connectivity index (χ3n) is 2.34. The number of rotatable bonds is 1. The van der Waals surface area contributed by atoms with E-state index in [-0.39, 0.29) is 0 Å². The van der Waals surface area contributed by atoms with E-state index in [2.05, 4.69) is 9.36 Å². The van der Waals surface area contributed by atoms with E-state index < -0.39 is 5.97 Å². The lowest BCUT2D eigenvalue weighted by molar-refractivity contribution is 0.0699. The summed E-state index contributed by atoms with van der Waals surface area (Å²) in [6, 6.07) is 5.32. The standard InChI is InChI=1S/C10H6N2O2S/c13-10(14)6-4-5-2-1-3-11-7(5)9-8(6)12-15-9/h1-4,12H,(H,13,14). The van der Waals surface area contributed by atoms with Crippen LogP contribution in [0.4, 0.5) is 0 Å². The topological polar surface area (TPSA) is 66.0 Å². The highest BCUT2D eigenvalue weighted by Gasteiger charge is 2.15. The van der Waals surface area contributed by atoms with Crippen molar-refractivity contribution in [2.24, 2.45) is 0 Å². The summed E-state index contributed by atoms with van der Waals surface area (Å²) in [6.07, 6.45) is 1.71. The van der Waals surface area contributed by atoms with Gasteiger partial charge in [0.25, 0.3) is 0 Å². The Morgan fingerprint density at radius 1 is 1.53 bits per heavy atom. The third kappa shape index (κ3) is 1.07. The number of fused-ring (bicyclic) bond motifs is 3. The van der Waals surface area contributed by atoms with E-state index in [4.69, 9.17) is 5.11 Å². The van der Waals surface area contributed by atoms with Crippen molar-refractivity contribution in [2.75, 3.05) is 0 Å². The van der Waals surface area contributed by atoms with Gasteiger partial charge < -0.3 is 9.48 Å². The van der Waals surface area contributed by atoms with Crippen LogP contribution in [0.25, 0.3) is 21.1 Å². The number of nitrogens with zero attached hydrogens (tertiary/aromatic N) is 1. The Balaban J connectivity index is 2.51. The van der Waals surface area contributed by atoms with Crippen LogP contribution < -0.4 is 0 Å². The molecule has 0 aliphatic heterocycles. The monoisotopic (exact) mass is 218 g/mol. The molecule has 2 N–H and O–H groups in total. The van der Waals surface area contributed by atoms with E-state index in [0.29, 0.717) is 11.1 Å². The van der Waals surface area contributed by atoms with E-state index in [9.17, 15) is 4.79 Å². The van der Waals surface area contributed by atoms with Gasteiger partial charge in [0, 0.05) is 11.6 Å². The minimum absolute atomic E-state index is 0.309. The van der Waals surface area contributed by atoms with Crippen molar-refractivity contribution in [3.05, 3.63) is 30.0 Å². The van der Waals surface area contributed by atoms with Crippen molar-refractivity contribution >= 4 is 38.6 Å². The van der Waals surface area contributed by atoms with Crippen LogP contribution in [0, 0.1) is 0 Å². The Kier molecular flexibility index (Phi) is 1.58. The van der Waals surface area contributed by atoms with E-state index in [0.717, 1.165) is 15.6 Å². The molecular formula is C10H6N2O2S. The average molecular weight is 218 g/mol. The quantitative estimate of drug-likeness (QED) is 0.659. The zero-order chi connectivity index (χ0) is 10.4. The van der Waals surface area contributed by atoms with Gasteiger partial charge in [-0.2, -0.15) is 0 Å². The number of H-pyrrole nitrogens is 1. The highest BCUT2D eigenvalue weighted by molar-refractivity contribution is 7.16. The Morgan fingerprint density at radius 2 is 2.40 bits per heavy atom. The number of aromatic carboxylic acids is 1. The molecule has 15 heavy (non-hydrogen) atoms. The lowest BCUT2D eigenvalue weighted by atomic mass is 10.1. The number of nitrogens with one attached hydrogen (secondary N) is 1. The Bertz CT molecular complexity index is 663. The first-order chi connectivity index (χ1) is 7.27. The molecule has 0 atom stereocenters. The van der Waals surface area contributed by atoms with Crippen molar-refractivity contribution < 1.29 is 9.90 Å². The summed E-state index contributed by atoms with van der Waals surface area (Å²) < 4.78 is 3.85. The molecule has 4 nitrogen and oxygen atoms in total. The van der Waals surface area contributed by atoms with Gasteiger partial charge in [0.15, 0.2) is 0 Å². The SMILES string of the molecule is O=C(O)c1cc2cccnc2c2s[nH]c12. The first-order valence-corrected chi connectivity index (χ1v) is 5.17. The zero-order valence-corrected chi connectivity index (χ0v) is 8.34. The summed E-state index contributed by atoms with van der Waals surface area (Å²) in [7, 11) is 0. The summed E-state index contributed by atoms with van der Waals surface area (Å²) in [5, 5.41) is 9.88. The van der Waals surface area contributed by atoms with Crippen molar-refractivity contribution in [3.63, 3.8) is 0 Å². The largest absolute Gasteiger partial charge is 0.478 e. The molecule has 0 aliphatic rings. The molecule has 3 rings (SSSR count). The highest BCUT2D eigenvalue weighted by atomic mass is 32.1. The lowest BCUT2D eigenvalue weighted by Crippen LogP contribution is -2.00. The van der Waals surface area contributed by atoms with Crippen LogP contribution in [0.1, 0.15) is 10.4 Å². The second-order valence-electron chi connectivity index (χ2n) is 3.21. The summed E-state index contributed by atoms with van der Waals surface area (Å²) in [5.41, 5.74) is 1.85. The molecule has 3 aromatic rings. The fraction of sp³-hybridized carbons (Fsp3) is 0. The third-order valence-corrected chi connectivity index (χ3v) is 3.24. The second-order valence-corrected chi connectivity index (χ2v) is 4.03. The van der Waals surface area contributed by atoms with Crippen LogP contribution in [0.2, 0.25) is 0 Å². The number of carboxylic acids is 1. The van der Waals surface area contributed by atoms with E-state index >= 15 is 0 Å². The molecular weight excluding hydrogens is 212 g/mol. The Hall–Kier alpha value is -1.88. The average Bonchev–Trinajstić information content (AvgIpc) is 2.16. The summed E-state index contributed by atoms with van der Waals surface area (Å²) in [5.74, 6) is -0.912. The second kappa shape index (κ2) is 2.80. The molecule has 0 saturated carbocycles. The number of aromatic nitrogens is 2. The van der Waals surface area contributed by atoms with Gasteiger partial charge in [0.1, 0.15) is 0 Å². The van der Waals surface area contributed by atoms with Gasteiger partial charge in [-0.25, -0.2) is 4.79 Å². The van der Waals surface area contributed by atoms with Gasteiger partial charge in [-0.3, -0.25) is 4.98 Å². The number of carboxylic acid groups (broad SMARTS) is 1. The first kappa shape index (κ1) is 8.43. The molecule has 5 heteroatoms. The molecule has 0 bridgehead atoms. The predicted molar refractivity (Wildman–Crippen MR) is 58.4 cm³/mol. The Labute approximate surface area is 88.3 Å². The summed E-state index contributed by atoms with van der Waals surface area (Å²) >= 11 is 1.42. The maximum atomic E-state index is 11.0. The normalized spacial score (nSPS) is 11.2. The molecule has 0 saturated heterocycles. The molecule has 0 aliphatic carbocycles. The van der Waals surface area contributed by atoms with Crippen molar-refractivity contribution in [2.45, 2.75) is 0 Å². The number of benzene rings is 1. The number of aromatic amines is 1. The fourth-order valence-corrected chi connectivity index (χ4v) is 2.41. The van der Waals surface area contributed by atoms with Crippen LogP contribution >= 0.6 is 11.5 Å². The maximum absolute atomic E-state index is 11.0. The Morgan fingerprint density at radius 3 is 3.07 bits per heavy atom. The van der Waals surface area contributed by atoms with Gasteiger partial charge in [-0.05, 0) is 12.1 Å². The predicted octanol–water partition coefficient (Wildman–Crippen LogP) is 2.48. The molecule has 2 aromatic heterocycles. The van der Waals surface area contributed by atoms with Gasteiger partial charge in [0.05, 0.1) is 21.3 Å². The van der Waals surface area contributed by atoms with Crippen LogP contribution in [0.5, 0.6) is 0 Å². The van der Waals surface area contributed by atoms with Gasteiger partial charge in [-0.15, -0.1) is 0 Å². The van der Waals surface area contributed by atoms with E-state index in [1.54, 1.807) is 18.3 Å². The smallest absolute Gasteiger partial charge is 0.337 e. The maximum Gasteiger partial charge on any atom is 0.337 e. The first-order valence-electron chi connectivity index (χ1n) is 4.35. The molecule has 74 valence electrons. The number of hydrogen-bond donors (Lipinski definition) is 2. The summed E-state index contributed by atoms with van der Waals surface area (Å²) in [6.45, 7) is 0. The number of carbonyl (C=O) groups is 1. The summed E-state index contributed by atoms with van der Waals surface area (Å²) in [4.78, 5) is 15.2. The van der Waals surface area contributed by atoms with E-state index in [1.165, 1.54) is 11.5 Å². The van der Waals surface area contributed by atoms with E-state index in [1.807, 2.05) is 6.07 Å². The lowest BCUT2D eigenvalue weighted by Gasteiger charge is -2.08. The fourth-order valence-electron chi connectivity index (χ4n) is 1.62.